The first-order valence-electron chi connectivity index (χ1n) is 5.04. The molecule has 2 aromatic rings. The largest absolute Gasteiger partial charge is 0.321 e. The number of carbonyl (C=O) groups is 1. The number of aromatic nitrogens is 1. The zero-order chi connectivity index (χ0) is 14.0. The van der Waals surface area contributed by atoms with Crippen molar-refractivity contribution in [2.24, 2.45) is 0 Å². The number of anilines is 1. The molecule has 1 N–H and O–H groups in total. The number of rotatable bonds is 2. The number of halogens is 4. The number of benzene rings is 1. The fraction of sp³-hybridized carbons (Fsp3) is 0. The second kappa shape index (κ2) is 5.40. The molecule has 1 aromatic carbocycles. The summed E-state index contributed by atoms with van der Waals surface area (Å²) in [6, 6.07) is 2.33. The van der Waals surface area contributed by atoms with Gasteiger partial charge in [-0.1, -0.05) is 0 Å². The van der Waals surface area contributed by atoms with E-state index in [2.05, 4.69) is 26.2 Å². The zero-order valence-electron chi connectivity index (χ0n) is 9.25. The molecule has 1 amide bonds. The lowest BCUT2D eigenvalue weighted by molar-refractivity contribution is 0.101. The number of hydrogen-bond donors (Lipinski definition) is 1. The summed E-state index contributed by atoms with van der Waals surface area (Å²) in [5, 5.41) is 2.30. The molecule has 2 rings (SSSR count). The molecule has 0 atom stereocenters. The van der Waals surface area contributed by atoms with Crippen molar-refractivity contribution in [2.75, 3.05) is 5.32 Å². The number of nitrogens with one attached hydrogen (secondary N) is 1. The lowest BCUT2D eigenvalue weighted by Gasteiger charge is -2.08. The lowest BCUT2D eigenvalue weighted by Crippen LogP contribution is -2.16. The van der Waals surface area contributed by atoms with Gasteiger partial charge in [0.15, 0.2) is 0 Å². The summed E-state index contributed by atoms with van der Waals surface area (Å²) in [7, 11) is 0. The van der Waals surface area contributed by atoms with Crippen LogP contribution in [0.1, 0.15) is 10.4 Å². The third-order valence-corrected chi connectivity index (χ3v) is 2.89. The third kappa shape index (κ3) is 2.93. The van der Waals surface area contributed by atoms with Crippen LogP contribution in [0.15, 0.2) is 35.1 Å². The molecule has 0 fully saturated rings. The molecule has 0 saturated carbocycles. The van der Waals surface area contributed by atoms with Gasteiger partial charge in [-0.15, -0.1) is 0 Å². The molecular formula is C12H6BrF3N2O. The van der Waals surface area contributed by atoms with Crippen LogP contribution in [0.3, 0.4) is 0 Å². The fourth-order valence-corrected chi connectivity index (χ4v) is 1.77. The molecule has 0 radical (unpaired) electrons. The highest BCUT2D eigenvalue weighted by molar-refractivity contribution is 9.10. The molecule has 98 valence electrons. The second-order valence-electron chi connectivity index (χ2n) is 3.55. The Balaban J connectivity index is 2.34. The molecule has 0 aliphatic carbocycles. The highest BCUT2D eigenvalue weighted by Gasteiger charge is 2.19. The molecule has 3 nitrogen and oxygen atoms in total. The molecule has 0 saturated heterocycles. The van der Waals surface area contributed by atoms with Crippen molar-refractivity contribution in [3.8, 4) is 0 Å². The topological polar surface area (TPSA) is 42.0 Å². The first-order valence-corrected chi connectivity index (χ1v) is 5.83. The normalized spacial score (nSPS) is 10.3. The summed E-state index contributed by atoms with van der Waals surface area (Å²) >= 11 is 3.12. The predicted molar refractivity (Wildman–Crippen MR) is 66.2 cm³/mol. The van der Waals surface area contributed by atoms with E-state index >= 15 is 0 Å². The SMILES string of the molecule is O=C(Nc1ccncc1Br)c1c(F)cc(F)cc1F. The van der Waals surface area contributed by atoms with Crippen molar-refractivity contribution in [3.05, 3.63) is 58.1 Å². The number of hydrogen-bond acceptors (Lipinski definition) is 2. The highest BCUT2D eigenvalue weighted by Crippen LogP contribution is 2.22. The fourth-order valence-electron chi connectivity index (χ4n) is 1.42. The van der Waals surface area contributed by atoms with E-state index in [1.54, 1.807) is 0 Å². The minimum absolute atomic E-state index is 0.295. The molecule has 0 aliphatic heterocycles. The smallest absolute Gasteiger partial charge is 0.261 e. The van der Waals surface area contributed by atoms with Gasteiger partial charge in [0, 0.05) is 24.5 Å². The molecule has 0 aliphatic rings. The van der Waals surface area contributed by atoms with Gasteiger partial charge in [-0.05, 0) is 22.0 Å². The highest BCUT2D eigenvalue weighted by atomic mass is 79.9. The monoisotopic (exact) mass is 330 g/mol. The lowest BCUT2D eigenvalue weighted by atomic mass is 10.1. The van der Waals surface area contributed by atoms with Crippen molar-refractivity contribution >= 4 is 27.5 Å². The Morgan fingerprint density at radius 1 is 1.21 bits per heavy atom. The van der Waals surface area contributed by atoms with Gasteiger partial charge < -0.3 is 5.32 Å². The minimum atomic E-state index is -1.26. The third-order valence-electron chi connectivity index (χ3n) is 2.25. The Bertz CT molecular complexity index is 626. The van der Waals surface area contributed by atoms with Crippen LogP contribution < -0.4 is 5.32 Å². The van der Waals surface area contributed by atoms with E-state index in [1.165, 1.54) is 18.5 Å². The van der Waals surface area contributed by atoms with Gasteiger partial charge in [-0.25, -0.2) is 13.2 Å². The summed E-state index contributed by atoms with van der Waals surface area (Å²) in [5.74, 6) is -4.63. The molecule has 1 aromatic heterocycles. The molecule has 1 heterocycles. The maximum atomic E-state index is 13.4. The molecule has 0 unspecified atom stereocenters. The maximum Gasteiger partial charge on any atom is 0.261 e. The number of carbonyl (C=O) groups excluding carboxylic acids is 1. The molecule has 0 spiro atoms. The van der Waals surface area contributed by atoms with E-state index in [1.807, 2.05) is 0 Å². The summed E-state index contributed by atoms with van der Waals surface area (Å²) in [5.41, 5.74) is -0.548. The zero-order valence-corrected chi connectivity index (χ0v) is 10.8. The first kappa shape index (κ1) is 13.5. The summed E-state index contributed by atoms with van der Waals surface area (Å²) in [6.45, 7) is 0. The number of nitrogens with zero attached hydrogens (tertiary/aromatic N) is 1. The Hall–Kier alpha value is -1.89. The average Bonchev–Trinajstić information content (AvgIpc) is 2.30. The molecule has 19 heavy (non-hydrogen) atoms. The van der Waals surface area contributed by atoms with E-state index in [0.29, 0.717) is 22.3 Å². The molecule has 0 bridgehead atoms. The summed E-state index contributed by atoms with van der Waals surface area (Å²) < 4.78 is 40.0. The van der Waals surface area contributed by atoms with Crippen LogP contribution >= 0.6 is 15.9 Å². The van der Waals surface area contributed by atoms with Crippen LogP contribution in [-0.4, -0.2) is 10.9 Å². The average molecular weight is 331 g/mol. The quantitative estimate of drug-likeness (QED) is 0.915. The predicted octanol–water partition coefficient (Wildman–Crippen LogP) is 3.51. The maximum absolute atomic E-state index is 13.4. The minimum Gasteiger partial charge on any atom is -0.321 e. The van der Waals surface area contributed by atoms with Gasteiger partial charge in [0.2, 0.25) is 0 Å². The van der Waals surface area contributed by atoms with Crippen LogP contribution in [0, 0.1) is 17.5 Å². The van der Waals surface area contributed by atoms with E-state index in [9.17, 15) is 18.0 Å². The van der Waals surface area contributed by atoms with E-state index < -0.39 is 28.9 Å². The van der Waals surface area contributed by atoms with Crippen LogP contribution in [0.25, 0.3) is 0 Å². The van der Waals surface area contributed by atoms with E-state index in [-0.39, 0.29) is 0 Å². The van der Waals surface area contributed by atoms with Gasteiger partial charge in [-0.2, -0.15) is 0 Å². The van der Waals surface area contributed by atoms with E-state index in [0.717, 1.165) is 0 Å². The van der Waals surface area contributed by atoms with Crippen molar-refractivity contribution < 1.29 is 18.0 Å². The van der Waals surface area contributed by atoms with Crippen molar-refractivity contribution in [1.82, 2.24) is 4.98 Å². The van der Waals surface area contributed by atoms with Crippen LogP contribution in [0.5, 0.6) is 0 Å². The van der Waals surface area contributed by atoms with Crippen molar-refractivity contribution in [1.29, 1.82) is 0 Å². The second-order valence-corrected chi connectivity index (χ2v) is 4.41. The summed E-state index contributed by atoms with van der Waals surface area (Å²) in [4.78, 5) is 15.5. The van der Waals surface area contributed by atoms with Crippen LogP contribution in [0.2, 0.25) is 0 Å². The standard InChI is InChI=1S/C12H6BrF3N2O/c13-7-5-17-2-1-10(7)18-12(19)11-8(15)3-6(14)4-9(11)16/h1-5H,(H,17,18,19). The summed E-state index contributed by atoms with van der Waals surface area (Å²) in [6.07, 6.45) is 2.81. The van der Waals surface area contributed by atoms with E-state index in [4.69, 9.17) is 0 Å². The number of pyridine rings is 1. The van der Waals surface area contributed by atoms with Gasteiger partial charge in [0.1, 0.15) is 23.0 Å². The van der Waals surface area contributed by atoms with Crippen LogP contribution in [-0.2, 0) is 0 Å². The van der Waals surface area contributed by atoms with Crippen molar-refractivity contribution in [3.63, 3.8) is 0 Å². The molecule has 7 heteroatoms. The van der Waals surface area contributed by atoms with Crippen LogP contribution in [0.4, 0.5) is 18.9 Å². The first-order chi connectivity index (χ1) is 8.99. The molecular weight excluding hydrogens is 325 g/mol. The Morgan fingerprint density at radius 3 is 2.42 bits per heavy atom. The Labute approximate surface area is 114 Å². The van der Waals surface area contributed by atoms with Crippen molar-refractivity contribution in [2.45, 2.75) is 0 Å². The van der Waals surface area contributed by atoms with Gasteiger partial charge >= 0.3 is 0 Å². The van der Waals surface area contributed by atoms with Gasteiger partial charge in [0.05, 0.1) is 10.2 Å². The van der Waals surface area contributed by atoms with Gasteiger partial charge in [-0.3, -0.25) is 9.78 Å². The number of amides is 1. The Morgan fingerprint density at radius 2 is 1.84 bits per heavy atom. The Kier molecular flexibility index (Phi) is 3.84. The van der Waals surface area contributed by atoms with Gasteiger partial charge in [0.25, 0.3) is 5.91 Å².